The Balaban J connectivity index is 1.74. The topological polar surface area (TPSA) is 91.6 Å². The number of aliphatic imine (C=N–C) groups is 1. The molecule has 39 heavy (non-hydrogen) atoms. The van der Waals surface area contributed by atoms with E-state index in [-0.39, 0.29) is 22.6 Å². The molecule has 0 saturated carbocycles. The molecule has 212 valence electrons. The molecule has 0 aromatic heterocycles. The van der Waals surface area contributed by atoms with E-state index in [1.54, 1.807) is 29.2 Å². The molecular formula is C29H39ClN2O5SSi. The molecule has 0 spiro atoms. The molecular weight excluding hydrogens is 552 g/mol. The SMILES string of the molecule is CCC/N=C1\S/C(=C\c2ccc(OCC(O)(O)CO[Si](C)(C)C(C)(C)C)c(Cl)c2)C(=O)N1c1ccccc1C. The van der Waals surface area contributed by atoms with Crippen LogP contribution in [0.3, 0.4) is 0 Å². The summed E-state index contributed by atoms with van der Waals surface area (Å²) in [6, 6.07) is 12.8. The van der Waals surface area contributed by atoms with Crippen LogP contribution >= 0.6 is 23.4 Å². The Morgan fingerprint density at radius 1 is 1.13 bits per heavy atom. The lowest BCUT2D eigenvalue weighted by Crippen LogP contribution is -2.48. The predicted octanol–water partition coefficient (Wildman–Crippen LogP) is 6.62. The van der Waals surface area contributed by atoms with Crippen LogP contribution in [-0.2, 0) is 9.22 Å². The van der Waals surface area contributed by atoms with Crippen molar-refractivity contribution in [2.45, 2.75) is 65.0 Å². The Kier molecular flexibility index (Phi) is 10.1. The zero-order valence-electron chi connectivity index (χ0n) is 23.7. The number of amidine groups is 1. The van der Waals surface area contributed by atoms with Gasteiger partial charge in [0.15, 0.2) is 13.5 Å². The van der Waals surface area contributed by atoms with Crippen LogP contribution in [0.25, 0.3) is 6.08 Å². The highest BCUT2D eigenvalue weighted by Gasteiger charge is 2.40. The molecule has 0 unspecified atom stereocenters. The van der Waals surface area contributed by atoms with E-state index in [0.717, 1.165) is 17.7 Å². The molecule has 1 saturated heterocycles. The summed E-state index contributed by atoms with van der Waals surface area (Å²) in [6.45, 7) is 14.3. The second-order valence-electron chi connectivity index (χ2n) is 11.2. The van der Waals surface area contributed by atoms with Crippen molar-refractivity contribution in [3.05, 3.63) is 63.5 Å². The summed E-state index contributed by atoms with van der Waals surface area (Å²) in [6.07, 6.45) is 2.65. The number of rotatable bonds is 10. The largest absolute Gasteiger partial charge is 0.486 e. The van der Waals surface area contributed by atoms with Gasteiger partial charge in [-0.25, -0.2) is 0 Å². The van der Waals surface area contributed by atoms with Gasteiger partial charge in [0, 0.05) is 6.54 Å². The summed E-state index contributed by atoms with van der Waals surface area (Å²) in [5.74, 6) is -2.01. The fourth-order valence-corrected chi connectivity index (χ4v) is 5.70. The van der Waals surface area contributed by atoms with Crippen LogP contribution in [-0.4, -0.2) is 55.2 Å². The third-order valence-corrected chi connectivity index (χ3v) is 12.6. The molecule has 1 fully saturated rings. The van der Waals surface area contributed by atoms with Gasteiger partial charge < -0.3 is 19.4 Å². The number of para-hydroxylation sites is 1. The second-order valence-corrected chi connectivity index (χ2v) is 17.4. The summed E-state index contributed by atoms with van der Waals surface area (Å²) in [5, 5.41) is 21.7. The minimum absolute atomic E-state index is 0.0594. The van der Waals surface area contributed by atoms with Crippen molar-refractivity contribution >= 4 is 54.5 Å². The summed E-state index contributed by atoms with van der Waals surface area (Å²) in [5.41, 5.74) is 2.51. The average Bonchev–Trinajstić information content (AvgIpc) is 3.15. The Morgan fingerprint density at radius 2 is 1.82 bits per heavy atom. The maximum Gasteiger partial charge on any atom is 0.271 e. The number of anilines is 1. The number of aliphatic hydroxyl groups is 2. The zero-order chi connectivity index (χ0) is 29.0. The molecule has 0 bridgehead atoms. The zero-order valence-corrected chi connectivity index (χ0v) is 26.3. The van der Waals surface area contributed by atoms with Gasteiger partial charge in [-0.1, -0.05) is 63.6 Å². The molecule has 2 aromatic rings. The highest BCUT2D eigenvalue weighted by atomic mass is 35.5. The Labute approximate surface area is 242 Å². The Morgan fingerprint density at radius 3 is 2.44 bits per heavy atom. The van der Waals surface area contributed by atoms with Gasteiger partial charge in [-0.15, -0.1) is 0 Å². The molecule has 3 rings (SSSR count). The molecule has 0 aliphatic carbocycles. The molecule has 1 amide bonds. The van der Waals surface area contributed by atoms with Crippen LogP contribution in [0.5, 0.6) is 5.75 Å². The summed E-state index contributed by atoms with van der Waals surface area (Å²) >= 11 is 7.80. The molecule has 1 aliphatic heterocycles. The van der Waals surface area contributed by atoms with Crippen LogP contribution in [0.4, 0.5) is 5.69 Å². The van der Waals surface area contributed by atoms with Crippen molar-refractivity contribution < 1.29 is 24.2 Å². The van der Waals surface area contributed by atoms with E-state index >= 15 is 0 Å². The number of carbonyl (C=O) groups is 1. The normalized spacial score (nSPS) is 17.0. The van der Waals surface area contributed by atoms with Crippen molar-refractivity contribution in [3.8, 4) is 5.75 Å². The first-order chi connectivity index (χ1) is 18.1. The van der Waals surface area contributed by atoms with Gasteiger partial charge in [0.05, 0.1) is 22.2 Å². The molecule has 10 heteroatoms. The van der Waals surface area contributed by atoms with Crippen molar-refractivity contribution in [2.75, 3.05) is 24.7 Å². The van der Waals surface area contributed by atoms with Gasteiger partial charge in [0.1, 0.15) is 12.4 Å². The van der Waals surface area contributed by atoms with Gasteiger partial charge in [-0.3, -0.25) is 14.7 Å². The van der Waals surface area contributed by atoms with Crippen LogP contribution in [0, 0.1) is 6.92 Å². The number of carbonyl (C=O) groups excluding carboxylic acids is 1. The standard InChI is InChI=1S/C29H39ClN2O5SSi/c1-8-15-31-27-32(23-12-10-9-11-20(23)2)26(33)25(38-27)17-21-13-14-24(22(30)16-21)36-18-29(34,35)19-37-39(6,7)28(3,4)5/h9-14,16-17,34-35H,8,15,18-19H2,1-7H3/b25-17-,31-27-. The van der Waals surface area contributed by atoms with Crippen molar-refractivity contribution in [1.82, 2.24) is 0 Å². The lowest BCUT2D eigenvalue weighted by Gasteiger charge is -2.38. The predicted molar refractivity (Wildman–Crippen MR) is 164 cm³/mol. The third-order valence-electron chi connectivity index (χ3n) is 6.82. The van der Waals surface area contributed by atoms with E-state index in [1.165, 1.54) is 11.8 Å². The Hall–Kier alpha value is -2.14. The molecule has 2 N–H and O–H groups in total. The monoisotopic (exact) mass is 590 g/mol. The number of hydrogen-bond donors (Lipinski definition) is 2. The van der Waals surface area contributed by atoms with Gasteiger partial charge in [-0.2, -0.15) is 0 Å². The maximum atomic E-state index is 13.4. The van der Waals surface area contributed by atoms with Crippen LogP contribution in [0.1, 0.15) is 45.2 Å². The number of benzene rings is 2. The number of nitrogens with zero attached hydrogens (tertiary/aromatic N) is 2. The lowest BCUT2D eigenvalue weighted by molar-refractivity contribution is -0.200. The molecule has 2 aromatic carbocycles. The van der Waals surface area contributed by atoms with Crippen molar-refractivity contribution in [1.29, 1.82) is 0 Å². The van der Waals surface area contributed by atoms with Gasteiger partial charge in [0.2, 0.25) is 5.79 Å². The average molecular weight is 591 g/mol. The van der Waals surface area contributed by atoms with Gasteiger partial charge in [0.25, 0.3) is 5.91 Å². The van der Waals surface area contributed by atoms with Crippen LogP contribution in [0.15, 0.2) is 52.4 Å². The van der Waals surface area contributed by atoms with Gasteiger partial charge >= 0.3 is 0 Å². The van der Waals surface area contributed by atoms with Crippen molar-refractivity contribution in [2.24, 2.45) is 4.99 Å². The molecule has 1 heterocycles. The van der Waals surface area contributed by atoms with Crippen LogP contribution in [0.2, 0.25) is 23.2 Å². The number of hydrogen-bond acceptors (Lipinski definition) is 7. The fraction of sp³-hybridized carbons (Fsp3) is 0.448. The summed E-state index contributed by atoms with van der Waals surface area (Å²) in [7, 11) is -2.16. The first kappa shape index (κ1) is 31.4. The van der Waals surface area contributed by atoms with E-state index < -0.39 is 20.7 Å². The van der Waals surface area contributed by atoms with E-state index in [9.17, 15) is 15.0 Å². The van der Waals surface area contributed by atoms with Gasteiger partial charge in [-0.05, 0) is 78.6 Å². The number of halogens is 1. The van der Waals surface area contributed by atoms with Crippen LogP contribution < -0.4 is 9.64 Å². The summed E-state index contributed by atoms with van der Waals surface area (Å²) in [4.78, 5) is 20.3. The molecule has 1 aliphatic rings. The van der Waals surface area contributed by atoms with Crippen molar-refractivity contribution in [3.63, 3.8) is 0 Å². The van der Waals surface area contributed by atoms with E-state index in [0.29, 0.717) is 27.9 Å². The molecule has 0 radical (unpaired) electrons. The first-order valence-electron chi connectivity index (χ1n) is 13.0. The first-order valence-corrected chi connectivity index (χ1v) is 17.1. The third kappa shape index (κ3) is 7.96. The summed E-state index contributed by atoms with van der Waals surface area (Å²) < 4.78 is 11.6. The maximum absolute atomic E-state index is 13.4. The van der Waals surface area contributed by atoms with E-state index in [2.05, 4.69) is 25.8 Å². The lowest BCUT2D eigenvalue weighted by atomic mass is 10.1. The van der Waals surface area contributed by atoms with E-state index in [4.69, 9.17) is 20.8 Å². The number of ether oxygens (including phenoxy) is 1. The molecule has 7 nitrogen and oxygen atoms in total. The smallest absolute Gasteiger partial charge is 0.271 e. The number of thioether (sulfide) groups is 1. The quantitative estimate of drug-likeness (QED) is 0.184. The number of amides is 1. The minimum Gasteiger partial charge on any atom is -0.486 e. The minimum atomic E-state index is -2.17. The number of aryl methyl sites for hydroxylation is 1. The van der Waals surface area contributed by atoms with E-state index in [1.807, 2.05) is 51.2 Å². The fourth-order valence-electron chi connectivity index (χ4n) is 3.44. The highest BCUT2D eigenvalue weighted by molar-refractivity contribution is 8.19. The highest BCUT2D eigenvalue weighted by Crippen LogP contribution is 2.39. The second kappa shape index (κ2) is 12.6. The molecule has 0 atom stereocenters. The Bertz CT molecular complexity index is 1260.